The molecule has 0 radical (unpaired) electrons. The van der Waals surface area contributed by atoms with Crippen LogP contribution < -0.4 is 14.2 Å². The Hall–Kier alpha value is -3.02. The molecule has 0 bridgehead atoms. The number of carbonyl (C=O) groups excluding carboxylic acids is 2. The lowest BCUT2D eigenvalue weighted by Crippen LogP contribution is -2.26. The molecule has 2 aliphatic rings. The zero-order chi connectivity index (χ0) is 20.6. The van der Waals surface area contributed by atoms with Crippen molar-refractivity contribution in [3.63, 3.8) is 0 Å². The maximum Gasteiger partial charge on any atom is 0.303 e. The van der Waals surface area contributed by atoms with Crippen molar-refractivity contribution in [1.82, 2.24) is 0 Å². The second-order valence-electron chi connectivity index (χ2n) is 7.50. The largest absolute Gasteiger partial charge is 0.493 e. The zero-order valence-corrected chi connectivity index (χ0v) is 16.9. The van der Waals surface area contributed by atoms with Crippen LogP contribution >= 0.6 is 0 Å². The van der Waals surface area contributed by atoms with Crippen LogP contribution in [-0.2, 0) is 16.0 Å². The third kappa shape index (κ3) is 3.55. The van der Waals surface area contributed by atoms with Gasteiger partial charge in [-0.05, 0) is 42.5 Å². The molecular weight excluding hydrogens is 372 g/mol. The number of carbonyl (C=O) groups is 2. The molecule has 152 valence electrons. The lowest BCUT2D eigenvalue weighted by molar-refractivity contribution is -0.150. The van der Waals surface area contributed by atoms with Crippen molar-refractivity contribution < 1.29 is 28.5 Å². The van der Waals surface area contributed by atoms with Gasteiger partial charge in [0.1, 0.15) is 12.2 Å². The number of ketones is 1. The molecule has 0 aliphatic heterocycles. The Kier molecular flexibility index (Phi) is 4.94. The lowest BCUT2D eigenvalue weighted by atomic mass is 9.95. The van der Waals surface area contributed by atoms with E-state index in [9.17, 15) is 9.59 Å². The van der Waals surface area contributed by atoms with E-state index in [-0.39, 0.29) is 18.4 Å². The van der Waals surface area contributed by atoms with Crippen molar-refractivity contribution >= 4 is 11.8 Å². The number of hydrogen-bond acceptors (Lipinski definition) is 6. The molecule has 0 spiro atoms. The molecule has 1 saturated carbocycles. The average molecular weight is 396 g/mol. The summed E-state index contributed by atoms with van der Waals surface area (Å²) in [4.78, 5) is 23.6. The van der Waals surface area contributed by atoms with Crippen LogP contribution in [0.5, 0.6) is 17.2 Å². The van der Waals surface area contributed by atoms with Gasteiger partial charge in [0.15, 0.2) is 17.3 Å². The van der Waals surface area contributed by atoms with E-state index in [1.165, 1.54) is 6.92 Å². The molecule has 2 aliphatic carbocycles. The summed E-state index contributed by atoms with van der Waals surface area (Å²) < 4.78 is 22.7. The van der Waals surface area contributed by atoms with Crippen LogP contribution in [0.1, 0.15) is 42.1 Å². The van der Waals surface area contributed by atoms with Crippen molar-refractivity contribution in [3.8, 4) is 28.4 Å². The summed E-state index contributed by atoms with van der Waals surface area (Å²) >= 11 is 0. The third-order valence-corrected chi connectivity index (χ3v) is 5.52. The van der Waals surface area contributed by atoms with Crippen LogP contribution in [0.2, 0.25) is 0 Å². The molecule has 0 heterocycles. The van der Waals surface area contributed by atoms with Crippen LogP contribution in [0.25, 0.3) is 11.1 Å². The highest BCUT2D eigenvalue weighted by atomic mass is 16.6. The summed E-state index contributed by atoms with van der Waals surface area (Å²) in [6, 6.07) is 9.50. The van der Waals surface area contributed by atoms with Crippen molar-refractivity contribution in [1.29, 1.82) is 0 Å². The summed E-state index contributed by atoms with van der Waals surface area (Å²) in [6.45, 7) is 1.64. The van der Waals surface area contributed by atoms with Crippen LogP contribution in [0.15, 0.2) is 30.3 Å². The quantitative estimate of drug-likeness (QED) is 0.660. The molecule has 0 saturated heterocycles. The minimum atomic E-state index is -0.578. The minimum Gasteiger partial charge on any atom is -0.493 e. The van der Waals surface area contributed by atoms with Crippen LogP contribution in [0.3, 0.4) is 0 Å². The molecule has 2 aromatic carbocycles. The molecular formula is C23H24O6. The molecule has 0 amide bonds. The van der Waals surface area contributed by atoms with E-state index < -0.39 is 5.60 Å². The molecule has 0 atom stereocenters. The Labute approximate surface area is 169 Å². The summed E-state index contributed by atoms with van der Waals surface area (Å²) in [5, 5.41) is 0. The van der Waals surface area contributed by atoms with Crippen molar-refractivity contribution in [3.05, 3.63) is 41.5 Å². The number of esters is 1. The smallest absolute Gasteiger partial charge is 0.303 e. The fraction of sp³-hybridized carbons (Fsp3) is 0.391. The predicted molar refractivity (Wildman–Crippen MR) is 107 cm³/mol. The molecule has 4 rings (SSSR count). The lowest BCUT2D eigenvalue weighted by Gasteiger charge is -2.22. The number of hydrogen-bond donors (Lipinski definition) is 0. The van der Waals surface area contributed by atoms with E-state index in [2.05, 4.69) is 0 Å². The molecule has 0 aromatic heterocycles. The van der Waals surface area contributed by atoms with Gasteiger partial charge in [0, 0.05) is 24.5 Å². The molecule has 6 nitrogen and oxygen atoms in total. The van der Waals surface area contributed by atoms with Crippen molar-refractivity contribution in [2.24, 2.45) is 0 Å². The normalized spacial score (nSPS) is 16.2. The highest BCUT2D eigenvalue weighted by Crippen LogP contribution is 2.48. The maximum absolute atomic E-state index is 12.2. The van der Waals surface area contributed by atoms with Gasteiger partial charge in [-0.2, -0.15) is 0 Å². The van der Waals surface area contributed by atoms with Crippen LogP contribution in [0.4, 0.5) is 0 Å². The molecule has 1 fully saturated rings. The first kappa shape index (κ1) is 19.3. The van der Waals surface area contributed by atoms with Gasteiger partial charge < -0.3 is 18.9 Å². The number of Topliss-reactive ketones (excluding diaryl/α,β-unsaturated/α-hetero) is 1. The fourth-order valence-corrected chi connectivity index (χ4v) is 3.92. The predicted octanol–water partition coefficient (Wildman–Crippen LogP) is 3.97. The molecule has 6 heteroatoms. The summed E-state index contributed by atoms with van der Waals surface area (Å²) in [7, 11) is 3.13. The Balaban J connectivity index is 1.77. The van der Waals surface area contributed by atoms with Crippen molar-refractivity contribution in [2.45, 2.75) is 38.2 Å². The molecule has 0 N–H and O–H groups in total. The van der Waals surface area contributed by atoms with Gasteiger partial charge in [-0.3, -0.25) is 9.59 Å². The van der Waals surface area contributed by atoms with E-state index in [1.54, 1.807) is 14.2 Å². The fourth-order valence-electron chi connectivity index (χ4n) is 3.92. The van der Waals surface area contributed by atoms with Gasteiger partial charge in [-0.15, -0.1) is 0 Å². The van der Waals surface area contributed by atoms with Crippen LogP contribution in [-0.4, -0.2) is 38.2 Å². The molecule has 2 aromatic rings. The first-order valence-electron chi connectivity index (χ1n) is 9.71. The highest BCUT2D eigenvalue weighted by Gasteiger charge is 2.47. The Morgan fingerprint density at radius 3 is 2.38 bits per heavy atom. The minimum absolute atomic E-state index is 0.164. The van der Waals surface area contributed by atoms with E-state index in [4.69, 9.17) is 18.9 Å². The monoisotopic (exact) mass is 396 g/mol. The SMILES string of the molecule is COc1ccc(-c2cccc3c2CCC3=O)c(OCC2(OC(C)=O)CC2)c1OC. The second kappa shape index (κ2) is 7.43. The van der Waals surface area contributed by atoms with E-state index in [0.717, 1.165) is 35.1 Å². The van der Waals surface area contributed by atoms with E-state index in [0.29, 0.717) is 30.1 Å². The number of fused-ring (bicyclic) bond motifs is 1. The summed E-state index contributed by atoms with van der Waals surface area (Å²) in [5.74, 6) is 1.40. The zero-order valence-electron chi connectivity index (χ0n) is 16.9. The number of ether oxygens (including phenoxy) is 4. The molecule has 29 heavy (non-hydrogen) atoms. The Morgan fingerprint density at radius 1 is 0.966 bits per heavy atom. The van der Waals surface area contributed by atoms with Gasteiger partial charge in [0.25, 0.3) is 0 Å². The van der Waals surface area contributed by atoms with Gasteiger partial charge in [-0.1, -0.05) is 18.2 Å². The first-order chi connectivity index (χ1) is 14.0. The van der Waals surface area contributed by atoms with Crippen LogP contribution in [0, 0.1) is 0 Å². The standard InChI is InChI=1S/C23H24O6/c1-14(24)29-23(11-12-23)13-28-21-18(8-10-20(26-2)22(21)27-3)15-5-4-6-17-16(15)7-9-19(17)25/h4-6,8,10H,7,9,11-13H2,1-3H3. The third-order valence-electron chi connectivity index (χ3n) is 5.52. The van der Waals surface area contributed by atoms with E-state index >= 15 is 0 Å². The van der Waals surface area contributed by atoms with Gasteiger partial charge in [-0.25, -0.2) is 0 Å². The van der Waals surface area contributed by atoms with Gasteiger partial charge >= 0.3 is 5.97 Å². The number of rotatable bonds is 7. The van der Waals surface area contributed by atoms with E-state index in [1.807, 2.05) is 30.3 Å². The summed E-state index contributed by atoms with van der Waals surface area (Å²) in [5.41, 5.74) is 2.98. The highest BCUT2D eigenvalue weighted by molar-refractivity contribution is 6.02. The topological polar surface area (TPSA) is 71.1 Å². The Bertz CT molecular complexity index is 974. The maximum atomic E-state index is 12.2. The Morgan fingerprint density at radius 2 is 1.72 bits per heavy atom. The second-order valence-corrected chi connectivity index (χ2v) is 7.50. The average Bonchev–Trinajstić information content (AvgIpc) is 3.37. The number of benzene rings is 2. The number of methoxy groups -OCH3 is 2. The van der Waals surface area contributed by atoms with Gasteiger partial charge in [0.05, 0.1) is 14.2 Å². The van der Waals surface area contributed by atoms with Crippen molar-refractivity contribution in [2.75, 3.05) is 20.8 Å². The van der Waals surface area contributed by atoms with Gasteiger partial charge in [0.2, 0.25) is 5.75 Å². The molecule has 0 unspecified atom stereocenters. The first-order valence-corrected chi connectivity index (χ1v) is 9.71. The summed E-state index contributed by atoms with van der Waals surface area (Å²) in [6.07, 6.45) is 2.76.